The molecule has 2 unspecified atom stereocenters. The second-order valence-corrected chi connectivity index (χ2v) is 6.96. The highest BCUT2D eigenvalue weighted by Gasteiger charge is 2.33. The molecule has 0 amide bonds. The molecule has 0 N–H and O–H groups in total. The Morgan fingerprint density at radius 3 is 3.04 bits per heavy atom. The van der Waals surface area contributed by atoms with E-state index in [1.54, 1.807) is 0 Å². The Balaban J connectivity index is 1.98. The lowest BCUT2D eigenvalue weighted by Crippen LogP contribution is -2.24. The second-order valence-electron chi connectivity index (χ2n) is 6.15. The van der Waals surface area contributed by atoms with E-state index in [1.807, 2.05) is 25.3 Å². The summed E-state index contributed by atoms with van der Waals surface area (Å²) in [6, 6.07) is 4.19. The maximum atomic E-state index is 4.67. The minimum absolute atomic E-state index is 0.276. The van der Waals surface area contributed by atoms with E-state index < -0.39 is 0 Å². The molecule has 120 valence electrons. The molecule has 0 aromatic carbocycles. The number of fused-ring (bicyclic) bond motifs is 1. The van der Waals surface area contributed by atoms with Crippen LogP contribution in [0.15, 0.2) is 57.9 Å². The molecule has 0 spiro atoms. The molecule has 2 atom stereocenters. The monoisotopic (exact) mass is 371 g/mol. The van der Waals surface area contributed by atoms with Crippen LogP contribution in [-0.4, -0.2) is 17.2 Å². The van der Waals surface area contributed by atoms with Crippen molar-refractivity contribution in [3.05, 3.63) is 58.5 Å². The Bertz CT molecular complexity index is 715. The molecule has 0 saturated carbocycles. The first kappa shape index (κ1) is 16.2. The van der Waals surface area contributed by atoms with Crippen LogP contribution in [-0.2, 0) is 0 Å². The van der Waals surface area contributed by atoms with Crippen molar-refractivity contribution < 1.29 is 0 Å². The maximum Gasteiger partial charge on any atom is 0.136 e. The summed E-state index contributed by atoms with van der Waals surface area (Å²) in [5, 5.41) is 0. The number of anilines is 1. The third kappa shape index (κ3) is 3.32. The van der Waals surface area contributed by atoms with Gasteiger partial charge in [-0.15, -0.1) is 0 Å². The average molecular weight is 372 g/mol. The fraction of sp³-hybridized carbons (Fsp3) is 0.368. The molecule has 1 aliphatic carbocycles. The van der Waals surface area contributed by atoms with Gasteiger partial charge in [-0.2, -0.15) is 0 Å². The largest absolute Gasteiger partial charge is 0.325 e. The van der Waals surface area contributed by atoms with Crippen molar-refractivity contribution in [1.82, 2.24) is 4.98 Å². The Morgan fingerprint density at radius 2 is 2.30 bits per heavy atom. The van der Waals surface area contributed by atoms with Crippen LogP contribution in [0.25, 0.3) is 0 Å². The maximum absolute atomic E-state index is 4.67. The van der Waals surface area contributed by atoms with Crippen LogP contribution < -0.4 is 4.90 Å². The average Bonchev–Trinajstić information content (AvgIpc) is 2.94. The zero-order valence-electron chi connectivity index (χ0n) is 13.8. The van der Waals surface area contributed by atoms with Crippen molar-refractivity contribution in [2.75, 3.05) is 11.4 Å². The summed E-state index contributed by atoms with van der Waals surface area (Å²) in [5.74, 6) is 1.92. The predicted molar refractivity (Wildman–Crippen MR) is 101 cm³/mol. The Labute approximate surface area is 146 Å². The van der Waals surface area contributed by atoms with E-state index in [0.717, 1.165) is 29.1 Å². The van der Waals surface area contributed by atoms with Gasteiger partial charge in [0.15, 0.2) is 0 Å². The molecule has 4 heteroatoms. The van der Waals surface area contributed by atoms with E-state index in [-0.39, 0.29) is 5.92 Å². The first-order chi connectivity index (χ1) is 11.1. The predicted octanol–water partition coefficient (Wildman–Crippen LogP) is 5.18. The van der Waals surface area contributed by atoms with Crippen molar-refractivity contribution in [3.63, 3.8) is 0 Å². The number of rotatable bonds is 3. The van der Waals surface area contributed by atoms with Crippen molar-refractivity contribution in [2.24, 2.45) is 10.9 Å². The smallest absolute Gasteiger partial charge is 0.136 e. The van der Waals surface area contributed by atoms with Gasteiger partial charge in [0.2, 0.25) is 0 Å². The van der Waals surface area contributed by atoms with Crippen LogP contribution in [0.2, 0.25) is 0 Å². The fourth-order valence-electron chi connectivity index (χ4n) is 3.17. The number of hydrogen-bond donors (Lipinski definition) is 0. The summed E-state index contributed by atoms with van der Waals surface area (Å²) in [7, 11) is 0. The molecule has 1 aromatic heterocycles. The van der Waals surface area contributed by atoms with Crippen LogP contribution in [0.3, 0.4) is 0 Å². The van der Waals surface area contributed by atoms with Gasteiger partial charge in [0.25, 0.3) is 0 Å². The third-order valence-corrected chi connectivity index (χ3v) is 5.04. The van der Waals surface area contributed by atoms with Crippen LogP contribution in [0, 0.1) is 5.92 Å². The zero-order valence-corrected chi connectivity index (χ0v) is 15.4. The molecule has 1 aliphatic heterocycles. The van der Waals surface area contributed by atoms with E-state index >= 15 is 0 Å². The molecular formula is C19H22BrN3. The Kier molecular flexibility index (Phi) is 4.81. The standard InChI is InChI=1S/C19H22BrN3/c1-4-18(20)22-14(3)17-12-23(15-8-5-7-13(2)11-15)19-16(17)9-6-10-21-19/h4-6,8-11,13,17H,7,12H2,1-3H3/b18-4-,22-14?. The van der Waals surface area contributed by atoms with E-state index in [4.69, 9.17) is 0 Å². The molecular weight excluding hydrogens is 350 g/mol. The summed E-state index contributed by atoms with van der Waals surface area (Å²) in [6.07, 6.45) is 11.8. The van der Waals surface area contributed by atoms with Crippen molar-refractivity contribution in [1.29, 1.82) is 0 Å². The Hall–Kier alpha value is -1.68. The van der Waals surface area contributed by atoms with Gasteiger partial charge in [-0.05, 0) is 54.3 Å². The van der Waals surface area contributed by atoms with Gasteiger partial charge >= 0.3 is 0 Å². The quantitative estimate of drug-likeness (QED) is 0.540. The van der Waals surface area contributed by atoms with Crippen LogP contribution >= 0.6 is 15.9 Å². The third-order valence-electron chi connectivity index (χ3n) is 4.40. The first-order valence-corrected chi connectivity index (χ1v) is 8.87. The number of hydrogen-bond acceptors (Lipinski definition) is 3. The second kappa shape index (κ2) is 6.83. The highest BCUT2D eigenvalue weighted by atomic mass is 79.9. The summed E-state index contributed by atoms with van der Waals surface area (Å²) >= 11 is 3.49. The lowest BCUT2D eigenvalue weighted by Gasteiger charge is -2.23. The van der Waals surface area contributed by atoms with Crippen LogP contribution in [0.1, 0.15) is 38.7 Å². The zero-order chi connectivity index (χ0) is 16.4. The van der Waals surface area contributed by atoms with Crippen molar-refractivity contribution in [3.8, 4) is 0 Å². The molecule has 0 saturated heterocycles. The molecule has 0 radical (unpaired) electrons. The lowest BCUT2D eigenvalue weighted by atomic mass is 9.98. The van der Waals surface area contributed by atoms with Crippen molar-refractivity contribution in [2.45, 2.75) is 33.1 Å². The molecule has 3 rings (SSSR count). The molecule has 1 aromatic rings. The topological polar surface area (TPSA) is 28.5 Å². The van der Waals surface area contributed by atoms with Crippen LogP contribution in [0.5, 0.6) is 0 Å². The Morgan fingerprint density at radius 1 is 1.48 bits per heavy atom. The summed E-state index contributed by atoms with van der Waals surface area (Å²) in [4.78, 5) is 11.6. The van der Waals surface area contributed by atoms with Gasteiger partial charge in [-0.3, -0.25) is 4.99 Å². The number of aromatic nitrogens is 1. The fourth-order valence-corrected chi connectivity index (χ4v) is 3.45. The molecule has 2 aliphatic rings. The van der Waals surface area contributed by atoms with E-state index in [9.17, 15) is 0 Å². The minimum Gasteiger partial charge on any atom is -0.325 e. The van der Waals surface area contributed by atoms with Gasteiger partial charge in [0.05, 0.1) is 0 Å². The number of pyridine rings is 1. The number of nitrogens with zero attached hydrogens (tertiary/aromatic N) is 3. The number of allylic oxidation sites excluding steroid dienone is 4. The van der Waals surface area contributed by atoms with Crippen LogP contribution in [0.4, 0.5) is 5.82 Å². The van der Waals surface area contributed by atoms with Gasteiger partial charge in [0, 0.05) is 35.6 Å². The molecule has 23 heavy (non-hydrogen) atoms. The van der Waals surface area contributed by atoms with Gasteiger partial charge < -0.3 is 4.90 Å². The van der Waals surface area contributed by atoms with Gasteiger partial charge in [-0.25, -0.2) is 4.98 Å². The number of halogens is 1. The van der Waals surface area contributed by atoms with Gasteiger partial charge in [-0.1, -0.05) is 31.2 Å². The highest BCUT2D eigenvalue weighted by molar-refractivity contribution is 9.11. The highest BCUT2D eigenvalue weighted by Crippen LogP contribution is 2.39. The summed E-state index contributed by atoms with van der Waals surface area (Å²) < 4.78 is 0.879. The molecule has 0 bridgehead atoms. The van der Waals surface area contributed by atoms with E-state index in [0.29, 0.717) is 5.92 Å². The first-order valence-electron chi connectivity index (χ1n) is 8.08. The number of aliphatic imine (C=N–C) groups is 1. The summed E-state index contributed by atoms with van der Waals surface area (Å²) in [5.41, 5.74) is 3.63. The summed E-state index contributed by atoms with van der Waals surface area (Å²) in [6.45, 7) is 7.24. The van der Waals surface area contributed by atoms with E-state index in [2.05, 4.69) is 68.9 Å². The van der Waals surface area contributed by atoms with Crippen molar-refractivity contribution >= 4 is 27.5 Å². The minimum atomic E-state index is 0.276. The molecule has 0 fully saturated rings. The lowest BCUT2D eigenvalue weighted by molar-refractivity contribution is 0.719. The van der Waals surface area contributed by atoms with Gasteiger partial charge in [0.1, 0.15) is 10.4 Å². The normalized spacial score (nSPS) is 24.7. The SMILES string of the molecule is C/C=C(/Br)N=C(C)C1CN(C2=CC(C)CC=C2)c2ncccc21. The molecule has 2 heterocycles. The van der Waals surface area contributed by atoms with E-state index in [1.165, 1.54) is 11.3 Å². The molecule has 3 nitrogen and oxygen atoms in total.